The van der Waals surface area contributed by atoms with Crippen LogP contribution in [0, 0.1) is 0 Å². The molecule has 0 aromatic heterocycles. The number of hydrogen-bond acceptors (Lipinski definition) is 7. The molecule has 0 aliphatic carbocycles. The van der Waals surface area contributed by atoms with Crippen molar-refractivity contribution in [1.29, 1.82) is 0 Å². The first-order chi connectivity index (χ1) is 10.1. The van der Waals surface area contributed by atoms with E-state index in [1.807, 2.05) is 0 Å². The Hall–Kier alpha value is -2.16. The molecule has 2 amide bonds. The predicted octanol–water partition coefficient (Wildman–Crippen LogP) is -1.94. The highest BCUT2D eigenvalue weighted by Crippen LogP contribution is 1.94. The molecule has 120 valence electrons. The molecule has 4 N–H and O–H groups in total. The van der Waals surface area contributed by atoms with E-state index in [1.54, 1.807) is 0 Å². The molecule has 0 atom stereocenters. The number of nitrogens with one attached hydrogen (secondary N) is 2. The fraction of sp³-hybridized carbons (Fsp3) is 0.667. The number of esters is 2. The molecule has 0 aromatic carbocycles. The zero-order valence-corrected chi connectivity index (χ0v) is 11.8. The molecule has 21 heavy (non-hydrogen) atoms. The number of amides is 2. The third-order valence-corrected chi connectivity index (χ3v) is 2.19. The second-order valence-electron chi connectivity index (χ2n) is 3.90. The molecule has 0 radical (unpaired) electrons. The summed E-state index contributed by atoms with van der Waals surface area (Å²) in [6.45, 7) is 0.758. The van der Waals surface area contributed by atoms with Gasteiger partial charge in [-0.05, 0) is 0 Å². The van der Waals surface area contributed by atoms with Gasteiger partial charge < -0.3 is 25.8 Å². The molecule has 0 saturated heterocycles. The van der Waals surface area contributed by atoms with Crippen molar-refractivity contribution in [3.8, 4) is 0 Å². The Morgan fingerprint density at radius 3 is 2.14 bits per heavy atom. The summed E-state index contributed by atoms with van der Waals surface area (Å²) >= 11 is 0. The third-order valence-electron chi connectivity index (χ3n) is 2.19. The molecule has 9 nitrogen and oxygen atoms in total. The Morgan fingerprint density at radius 2 is 1.57 bits per heavy atom. The summed E-state index contributed by atoms with van der Waals surface area (Å²) in [5.41, 5.74) is 5.21. The van der Waals surface area contributed by atoms with Gasteiger partial charge in [0.15, 0.2) is 0 Å². The molecule has 0 bridgehead atoms. The molecule has 0 aromatic rings. The Morgan fingerprint density at radius 1 is 0.952 bits per heavy atom. The fourth-order valence-corrected chi connectivity index (χ4v) is 1.20. The van der Waals surface area contributed by atoms with Gasteiger partial charge in [0.05, 0.1) is 12.8 Å². The number of ether oxygens (including phenoxy) is 2. The van der Waals surface area contributed by atoms with E-state index >= 15 is 0 Å². The van der Waals surface area contributed by atoms with Crippen LogP contribution in [0.5, 0.6) is 0 Å². The van der Waals surface area contributed by atoms with Crippen molar-refractivity contribution in [3.05, 3.63) is 0 Å². The summed E-state index contributed by atoms with van der Waals surface area (Å²) in [4.78, 5) is 43.5. The number of carbonyl (C=O) groups is 4. The van der Waals surface area contributed by atoms with Crippen LogP contribution in [0.25, 0.3) is 0 Å². The second kappa shape index (κ2) is 12.9. The van der Waals surface area contributed by atoms with Crippen molar-refractivity contribution in [2.24, 2.45) is 5.73 Å². The molecule has 0 spiro atoms. The molecule has 0 fully saturated rings. The minimum absolute atomic E-state index is 0.0238. The Bertz CT molecular complexity index is 348. The highest BCUT2D eigenvalue weighted by atomic mass is 16.6. The number of hydrogen-bond donors (Lipinski definition) is 3. The van der Waals surface area contributed by atoms with Crippen LogP contribution in [0.1, 0.15) is 19.3 Å². The quantitative estimate of drug-likeness (QED) is 0.217. The molecule has 0 aliphatic rings. The van der Waals surface area contributed by atoms with E-state index in [2.05, 4.69) is 10.6 Å². The fourth-order valence-electron chi connectivity index (χ4n) is 1.20. The topological polar surface area (TPSA) is 137 Å². The predicted molar refractivity (Wildman–Crippen MR) is 71.9 cm³/mol. The van der Waals surface area contributed by atoms with Crippen molar-refractivity contribution in [1.82, 2.24) is 10.6 Å². The summed E-state index contributed by atoms with van der Waals surface area (Å²) in [5, 5.41) is 4.84. The molecular weight excluding hydrogens is 282 g/mol. The van der Waals surface area contributed by atoms with E-state index < -0.39 is 11.9 Å². The standard InChI is InChI=1S/C12H21N3O6/c13-4-6-15-10(17)1-2-11(18)20-7-8-21-12(19)3-5-14-9-16/h9H,1-8,13H2,(H,14,16)(H,15,17). The lowest BCUT2D eigenvalue weighted by Gasteiger charge is -2.06. The number of rotatable bonds is 12. The molecule has 0 heterocycles. The van der Waals surface area contributed by atoms with E-state index in [9.17, 15) is 19.2 Å². The van der Waals surface area contributed by atoms with Crippen LogP contribution in [-0.4, -0.2) is 57.1 Å². The highest BCUT2D eigenvalue weighted by Gasteiger charge is 2.08. The van der Waals surface area contributed by atoms with E-state index in [4.69, 9.17) is 15.2 Å². The van der Waals surface area contributed by atoms with Gasteiger partial charge in [-0.3, -0.25) is 19.2 Å². The average Bonchev–Trinajstić information content (AvgIpc) is 2.47. The second-order valence-corrected chi connectivity index (χ2v) is 3.90. The largest absolute Gasteiger partial charge is 0.462 e. The normalized spacial score (nSPS) is 9.57. The van der Waals surface area contributed by atoms with Crippen LogP contribution in [0.15, 0.2) is 0 Å². The van der Waals surface area contributed by atoms with Gasteiger partial charge in [0.25, 0.3) is 0 Å². The number of carbonyl (C=O) groups excluding carboxylic acids is 4. The number of nitrogens with two attached hydrogens (primary N) is 1. The molecule has 0 rings (SSSR count). The van der Waals surface area contributed by atoms with Crippen LogP contribution < -0.4 is 16.4 Å². The van der Waals surface area contributed by atoms with E-state index in [0.717, 1.165) is 0 Å². The smallest absolute Gasteiger partial charge is 0.307 e. The molecular formula is C12H21N3O6. The van der Waals surface area contributed by atoms with Crippen molar-refractivity contribution in [2.45, 2.75) is 19.3 Å². The van der Waals surface area contributed by atoms with Crippen LogP contribution in [0.4, 0.5) is 0 Å². The summed E-state index contributed by atoms with van der Waals surface area (Å²) in [5.74, 6) is -1.32. The minimum atomic E-state index is -0.545. The van der Waals surface area contributed by atoms with Gasteiger partial charge >= 0.3 is 11.9 Å². The summed E-state index contributed by atoms with van der Waals surface area (Å²) in [6, 6.07) is 0. The average molecular weight is 303 g/mol. The maximum Gasteiger partial charge on any atom is 0.307 e. The zero-order chi connectivity index (χ0) is 15.9. The van der Waals surface area contributed by atoms with Crippen LogP contribution in [-0.2, 0) is 28.7 Å². The first-order valence-electron chi connectivity index (χ1n) is 6.55. The first kappa shape index (κ1) is 18.8. The van der Waals surface area contributed by atoms with Crippen molar-refractivity contribution in [2.75, 3.05) is 32.8 Å². The van der Waals surface area contributed by atoms with E-state index in [0.29, 0.717) is 19.5 Å². The van der Waals surface area contributed by atoms with Gasteiger partial charge in [-0.1, -0.05) is 0 Å². The van der Waals surface area contributed by atoms with Gasteiger partial charge in [-0.2, -0.15) is 0 Å². The lowest BCUT2D eigenvalue weighted by atomic mass is 10.3. The van der Waals surface area contributed by atoms with Crippen LogP contribution in [0.2, 0.25) is 0 Å². The molecule has 9 heteroatoms. The molecule has 0 unspecified atom stereocenters. The van der Waals surface area contributed by atoms with E-state index in [1.165, 1.54) is 0 Å². The summed E-state index contributed by atoms with van der Waals surface area (Å²) in [6.07, 6.45) is 0.510. The summed E-state index contributed by atoms with van der Waals surface area (Å²) in [7, 11) is 0. The van der Waals surface area contributed by atoms with Gasteiger partial charge in [-0.15, -0.1) is 0 Å². The van der Waals surface area contributed by atoms with Gasteiger partial charge in [-0.25, -0.2) is 0 Å². The molecule has 0 aliphatic heterocycles. The van der Waals surface area contributed by atoms with Crippen molar-refractivity contribution in [3.63, 3.8) is 0 Å². The first-order valence-corrected chi connectivity index (χ1v) is 6.55. The van der Waals surface area contributed by atoms with Crippen molar-refractivity contribution < 1.29 is 28.7 Å². The highest BCUT2D eigenvalue weighted by molar-refractivity contribution is 5.81. The van der Waals surface area contributed by atoms with Crippen LogP contribution >= 0.6 is 0 Å². The Balaban J connectivity index is 3.50. The Labute approximate surface area is 122 Å². The van der Waals surface area contributed by atoms with Gasteiger partial charge in [0.2, 0.25) is 12.3 Å². The SMILES string of the molecule is NCCNC(=O)CCC(=O)OCCOC(=O)CCNC=O. The lowest BCUT2D eigenvalue weighted by molar-refractivity contribution is -0.152. The third kappa shape index (κ3) is 12.6. The maximum atomic E-state index is 11.3. The van der Waals surface area contributed by atoms with Crippen LogP contribution in [0.3, 0.4) is 0 Å². The monoisotopic (exact) mass is 303 g/mol. The Kier molecular flexibility index (Phi) is 11.5. The summed E-state index contributed by atoms with van der Waals surface area (Å²) < 4.78 is 9.53. The van der Waals surface area contributed by atoms with Gasteiger partial charge in [0.1, 0.15) is 13.2 Å². The van der Waals surface area contributed by atoms with E-state index in [-0.39, 0.29) is 44.9 Å². The lowest BCUT2D eigenvalue weighted by Crippen LogP contribution is -2.29. The van der Waals surface area contributed by atoms with Crippen molar-refractivity contribution >= 4 is 24.3 Å². The maximum absolute atomic E-state index is 11.3. The zero-order valence-electron chi connectivity index (χ0n) is 11.8. The molecule has 0 saturated carbocycles. The van der Waals surface area contributed by atoms with Gasteiger partial charge in [0, 0.05) is 26.1 Å². The minimum Gasteiger partial charge on any atom is -0.462 e.